The minimum Gasteiger partial charge on any atom is -0.481 e. The number of nitro benzene ring substituents is 1. The van der Waals surface area contributed by atoms with Gasteiger partial charge in [-0.3, -0.25) is 10.1 Å². The summed E-state index contributed by atoms with van der Waals surface area (Å²) in [6, 6.07) is 4.64. The summed E-state index contributed by atoms with van der Waals surface area (Å²) >= 11 is 3.25. The van der Waals surface area contributed by atoms with Crippen LogP contribution in [-0.2, 0) is 0 Å². The number of nitro groups is 1. The first kappa shape index (κ1) is 12.0. The molecule has 0 radical (unpaired) electrons. The fraction of sp³-hybridized carbons (Fsp3) is 0.400. The van der Waals surface area contributed by atoms with Crippen molar-refractivity contribution in [3.63, 3.8) is 0 Å². The van der Waals surface area contributed by atoms with Crippen LogP contribution in [0.5, 0.6) is 5.75 Å². The number of benzene rings is 1. The second-order valence-electron chi connectivity index (χ2n) is 4.08. The zero-order chi connectivity index (χ0) is 11.6. The van der Waals surface area contributed by atoms with Gasteiger partial charge in [0.15, 0.2) is 5.75 Å². The zero-order valence-electron chi connectivity index (χ0n) is 8.78. The van der Waals surface area contributed by atoms with E-state index in [2.05, 4.69) is 15.9 Å². The average molecular weight is 274 g/mol. The summed E-state index contributed by atoms with van der Waals surface area (Å²) in [4.78, 5) is 10.3. The summed E-state index contributed by atoms with van der Waals surface area (Å²) in [5, 5.41) is 10.7. The molecule has 0 heterocycles. The Morgan fingerprint density at radius 3 is 2.47 bits per heavy atom. The van der Waals surface area contributed by atoms with Gasteiger partial charge in [0.1, 0.15) is 5.60 Å². The summed E-state index contributed by atoms with van der Waals surface area (Å²) in [6.45, 7) is 5.53. The monoisotopic (exact) mass is 273 g/mol. The molecule has 0 aliphatic rings. The van der Waals surface area contributed by atoms with E-state index in [1.54, 1.807) is 12.1 Å². The van der Waals surface area contributed by atoms with Crippen LogP contribution in [0.15, 0.2) is 22.7 Å². The van der Waals surface area contributed by atoms with Crippen molar-refractivity contribution in [3.8, 4) is 5.75 Å². The van der Waals surface area contributed by atoms with E-state index in [0.717, 1.165) is 4.47 Å². The molecule has 0 aliphatic heterocycles. The molecule has 0 bridgehead atoms. The highest BCUT2D eigenvalue weighted by Gasteiger charge is 2.20. The van der Waals surface area contributed by atoms with E-state index in [1.165, 1.54) is 6.07 Å². The second kappa shape index (κ2) is 4.18. The molecule has 0 amide bonds. The normalized spacial score (nSPS) is 11.2. The Morgan fingerprint density at radius 2 is 2.00 bits per heavy atom. The van der Waals surface area contributed by atoms with Crippen LogP contribution in [0.1, 0.15) is 20.8 Å². The van der Waals surface area contributed by atoms with Crippen LogP contribution in [0.25, 0.3) is 0 Å². The van der Waals surface area contributed by atoms with E-state index >= 15 is 0 Å². The lowest BCUT2D eigenvalue weighted by molar-refractivity contribution is -0.386. The molecule has 0 atom stereocenters. The lowest BCUT2D eigenvalue weighted by Gasteiger charge is -2.20. The largest absolute Gasteiger partial charge is 0.481 e. The van der Waals surface area contributed by atoms with E-state index in [9.17, 15) is 10.1 Å². The number of rotatable bonds is 2. The first-order chi connectivity index (χ1) is 6.79. The molecule has 0 aromatic heterocycles. The first-order valence-electron chi connectivity index (χ1n) is 4.42. The number of nitrogens with zero attached hydrogens (tertiary/aromatic N) is 1. The van der Waals surface area contributed by atoms with Gasteiger partial charge in [0, 0.05) is 16.6 Å². The van der Waals surface area contributed by atoms with Gasteiger partial charge >= 0.3 is 5.69 Å². The predicted molar refractivity (Wildman–Crippen MR) is 61.2 cm³/mol. The van der Waals surface area contributed by atoms with Crippen LogP contribution in [0, 0.1) is 10.1 Å². The third-order valence-corrected chi connectivity index (χ3v) is 2.03. The minimum atomic E-state index is -0.453. The molecule has 0 aliphatic carbocycles. The molecule has 1 aromatic rings. The van der Waals surface area contributed by atoms with Crippen molar-refractivity contribution in [2.75, 3.05) is 0 Å². The van der Waals surface area contributed by atoms with Crippen LogP contribution in [0.2, 0.25) is 0 Å². The van der Waals surface area contributed by atoms with E-state index < -0.39 is 10.5 Å². The molecule has 5 heteroatoms. The van der Waals surface area contributed by atoms with Crippen LogP contribution < -0.4 is 4.74 Å². The molecular weight excluding hydrogens is 262 g/mol. The molecule has 0 fully saturated rings. The quantitative estimate of drug-likeness (QED) is 0.612. The highest BCUT2D eigenvalue weighted by molar-refractivity contribution is 9.10. The molecule has 0 spiro atoms. The number of ether oxygens (including phenoxy) is 1. The van der Waals surface area contributed by atoms with Crippen molar-refractivity contribution in [1.29, 1.82) is 0 Å². The standard InChI is InChI=1S/C10H12BrNO3/c1-10(2,3)15-9-6-7(11)4-5-8(9)12(13)14/h4-6H,1-3H3. The van der Waals surface area contributed by atoms with Crippen LogP contribution in [0.3, 0.4) is 0 Å². The molecule has 0 N–H and O–H groups in total. The van der Waals surface area contributed by atoms with E-state index in [0.29, 0.717) is 0 Å². The van der Waals surface area contributed by atoms with Crippen molar-refractivity contribution in [2.45, 2.75) is 26.4 Å². The Bertz CT molecular complexity index is 385. The topological polar surface area (TPSA) is 52.4 Å². The third-order valence-electron chi connectivity index (χ3n) is 1.53. The zero-order valence-corrected chi connectivity index (χ0v) is 10.4. The van der Waals surface area contributed by atoms with Crippen molar-refractivity contribution in [3.05, 3.63) is 32.8 Å². The molecule has 4 nitrogen and oxygen atoms in total. The Kier molecular flexibility index (Phi) is 3.34. The van der Waals surface area contributed by atoms with Crippen molar-refractivity contribution < 1.29 is 9.66 Å². The second-order valence-corrected chi connectivity index (χ2v) is 5.00. The Hall–Kier alpha value is -1.10. The maximum absolute atomic E-state index is 10.7. The first-order valence-corrected chi connectivity index (χ1v) is 5.22. The van der Waals surface area contributed by atoms with Gasteiger partial charge in [0.2, 0.25) is 0 Å². The molecule has 0 saturated carbocycles. The molecule has 1 rings (SSSR count). The van der Waals surface area contributed by atoms with Crippen LogP contribution in [0.4, 0.5) is 5.69 Å². The Balaban J connectivity index is 3.13. The van der Waals surface area contributed by atoms with Crippen molar-refractivity contribution in [2.24, 2.45) is 0 Å². The number of halogens is 1. The Morgan fingerprint density at radius 1 is 1.40 bits per heavy atom. The van der Waals surface area contributed by atoms with E-state index in [1.807, 2.05) is 20.8 Å². The van der Waals surface area contributed by atoms with Gasteiger partial charge in [-0.05, 0) is 26.8 Å². The number of hydrogen-bond donors (Lipinski definition) is 0. The Labute approximate surface area is 96.5 Å². The smallest absolute Gasteiger partial charge is 0.311 e. The number of hydrogen-bond acceptors (Lipinski definition) is 3. The van der Waals surface area contributed by atoms with Crippen molar-refractivity contribution in [1.82, 2.24) is 0 Å². The molecule has 82 valence electrons. The van der Waals surface area contributed by atoms with Crippen molar-refractivity contribution >= 4 is 21.6 Å². The summed E-state index contributed by atoms with van der Waals surface area (Å²) in [6.07, 6.45) is 0. The van der Waals surface area contributed by atoms with Gasteiger partial charge in [-0.2, -0.15) is 0 Å². The van der Waals surface area contributed by atoms with E-state index in [-0.39, 0.29) is 11.4 Å². The van der Waals surface area contributed by atoms with Gasteiger partial charge < -0.3 is 4.74 Å². The summed E-state index contributed by atoms with van der Waals surface area (Å²) in [5.41, 5.74) is -0.473. The summed E-state index contributed by atoms with van der Waals surface area (Å²) in [7, 11) is 0. The highest BCUT2D eigenvalue weighted by Crippen LogP contribution is 2.32. The lowest BCUT2D eigenvalue weighted by atomic mass is 10.2. The SMILES string of the molecule is CC(C)(C)Oc1cc(Br)ccc1[N+](=O)[O-]. The van der Waals surface area contributed by atoms with Gasteiger partial charge in [-0.25, -0.2) is 0 Å². The maximum Gasteiger partial charge on any atom is 0.311 e. The fourth-order valence-corrected chi connectivity index (χ4v) is 1.39. The van der Waals surface area contributed by atoms with Gasteiger partial charge in [-0.1, -0.05) is 15.9 Å². The average Bonchev–Trinajstić information content (AvgIpc) is 1.99. The highest BCUT2D eigenvalue weighted by atomic mass is 79.9. The minimum absolute atomic E-state index is 0.0203. The molecule has 0 saturated heterocycles. The predicted octanol–water partition coefficient (Wildman–Crippen LogP) is 3.53. The molecule has 15 heavy (non-hydrogen) atoms. The molecule has 1 aromatic carbocycles. The molecular formula is C10H12BrNO3. The molecule has 0 unspecified atom stereocenters. The summed E-state index contributed by atoms with van der Waals surface area (Å²) < 4.78 is 6.26. The fourth-order valence-electron chi connectivity index (χ4n) is 1.05. The van der Waals surface area contributed by atoms with Gasteiger partial charge in [-0.15, -0.1) is 0 Å². The van der Waals surface area contributed by atoms with Crippen LogP contribution >= 0.6 is 15.9 Å². The van der Waals surface area contributed by atoms with Crippen LogP contribution in [-0.4, -0.2) is 10.5 Å². The third kappa shape index (κ3) is 3.51. The summed E-state index contributed by atoms with van der Waals surface area (Å²) in [5.74, 6) is 0.280. The van der Waals surface area contributed by atoms with Gasteiger partial charge in [0.05, 0.1) is 4.92 Å². The lowest BCUT2D eigenvalue weighted by Crippen LogP contribution is -2.23. The maximum atomic E-state index is 10.7. The van der Waals surface area contributed by atoms with Gasteiger partial charge in [0.25, 0.3) is 0 Å². The van der Waals surface area contributed by atoms with E-state index in [4.69, 9.17) is 4.74 Å².